The van der Waals surface area contributed by atoms with Crippen LogP contribution in [0.5, 0.6) is 0 Å². The lowest BCUT2D eigenvalue weighted by Gasteiger charge is -2.29. The summed E-state index contributed by atoms with van der Waals surface area (Å²) < 4.78 is 0. The molecule has 0 saturated carbocycles. The lowest BCUT2D eigenvalue weighted by Crippen LogP contribution is -2.57. The zero-order valence-corrected chi connectivity index (χ0v) is 19.4. The van der Waals surface area contributed by atoms with Gasteiger partial charge in [-0.25, -0.2) is 9.78 Å². The molecule has 0 radical (unpaired) electrons. The molecule has 0 aromatic carbocycles. The number of rotatable bonds is 14. The number of H-pyrrole nitrogens is 1. The van der Waals surface area contributed by atoms with Crippen molar-refractivity contribution in [3.8, 4) is 0 Å². The van der Waals surface area contributed by atoms with E-state index >= 15 is 0 Å². The topological polar surface area (TPSA) is 240 Å². The Morgan fingerprint density at radius 3 is 2.54 bits per heavy atom. The zero-order valence-electron chi connectivity index (χ0n) is 19.4. The largest absolute Gasteiger partial charge is 0.480 e. The van der Waals surface area contributed by atoms with Gasteiger partial charge in [-0.15, -0.1) is 0 Å². The second-order valence-electron chi connectivity index (χ2n) is 8.49. The molecule has 14 heteroatoms. The minimum Gasteiger partial charge on any atom is -0.480 e. The third-order valence-corrected chi connectivity index (χ3v) is 5.75. The highest BCUT2D eigenvalue weighted by Gasteiger charge is 2.39. The maximum Gasteiger partial charge on any atom is 0.326 e. The van der Waals surface area contributed by atoms with E-state index in [2.05, 4.69) is 20.6 Å². The van der Waals surface area contributed by atoms with Gasteiger partial charge < -0.3 is 42.8 Å². The molecule has 1 aromatic rings. The van der Waals surface area contributed by atoms with Crippen LogP contribution in [-0.4, -0.2) is 86.8 Å². The smallest absolute Gasteiger partial charge is 0.326 e. The molecule has 0 aliphatic carbocycles. The molecule has 10 N–H and O–H groups in total. The molecule has 2 rings (SSSR count). The van der Waals surface area contributed by atoms with E-state index in [0.717, 1.165) is 0 Å². The fraction of sp³-hybridized carbons (Fsp3) is 0.619. The molecule has 1 aromatic heterocycles. The van der Waals surface area contributed by atoms with E-state index in [4.69, 9.17) is 17.2 Å². The number of carboxylic acid groups (broad SMARTS) is 1. The SMILES string of the molecule is NCCCCC(NC(=O)C1CCCN1C(=O)C(Cc1cnc[nH]1)NC(=O)C(N)CC(N)=O)C(=O)O. The number of nitrogens with two attached hydrogens (primary N) is 3. The molecule has 1 aliphatic heterocycles. The Morgan fingerprint density at radius 2 is 1.94 bits per heavy atom. The Labute approximate surface area is 202 Å². The fourth-order valence-electron chi connectivity index (χ4n) is 3.93. The number of nitrogens with one attached hydrogen (secondary N) is 3. The fourth-order valence-corrected chi connectivity index (χ4v) is 3.93. The maximum atomic E-state index is 13.4. The average molecular weight is 495 g/mol. The van der Waals surface area contributed by atoms with Crippen molar-refractivity contribution in [2.45, 2.75) is 69.1 Å². The standard InChI is InChI=1S/C21H34N8O6/c22-6-2-1-4-14(21(34)35)27-19(32)16-5-3-7-29(16)20(33)15(8-12-10-25-11-26-12)28-18(31)13(23)9-17(24)30/h10-11,13-16H,1-9,22-23H2,(H2,24,30)(H,25,26)(H,27,32)(H,28,31)(H,34,35). The number of unbranched alkanes of at least 4 members (excludes halogenated alkanes) is 1. The number of amides is 4. The van der Waals surface area contributed by atoms with Gasteiger partial charge in [0.25, 0.3) is 0 Å². The molecular weight excluding hydrogens is 460 g/mol. The van der Waals surface area contributed by atoms with Crippen molar-refractivity contribution in [1.82, 2.24) is 25.5 Å². The number of aromatic nitrogens is 2. The summed E-state index contributed by atoms with van der Waals surface area (Å²) in [4.78, 5) is 69.6. The van der Waals surface area contributed by atoms with Crippen molar-refractivity contribution in [3.05, 3.63) is 18.2 Å². The van der Waals surface area contributed by atoms with Gasteiger partial charge in [-0.2, -0.15) is 0 Å². The summed E-state index contributed by atoms with van der Waals surface area (Å²) in [5.74, 6) is -3.79. The minimum atomic E-state index is -1.24. The van der Waals surface area contributed by atoms with Crippen LogP contribution in [0.3, 0.4) is 0 Å². The summed E-state index contributed by atoms with van der Waals surface area (Å²) >= 11 is 0. The molecule has 2 heterocycles. The van der Waals surface area contributed by atoms with Crippen LogP contribution in [0.4, 0.5) is 0 Å². The lowest BCUT2D eigenvalue weighted by atomic mass is 10.1. The van der Waals surface area contributed by atoms with Crippen LogP contribution in [0.2, 0.25) is 0 Å². The van der Waals surface area contributed by atoms with E-state index in [-0.39, 0.29) is 19.4 Å². The number of carbonyl (C=O) groups is 5. The van der Waals surface area contributed by atoms with Crippen molar-refractivity contribution in [2.24, 2.45) is 17.2 Å². The van der Waals surface area contributed by atoms with Crippen LogP contribution in [-0.2, 0) is 30.4 Å². The number of nitrogens with zero attached hydrogens (tertiary/aromatic N) is 2. The summed E-state index contributed by atoms with van der Waals surface area (Å²) in [5.41, 5.74) is 16.8. The molecule has 1 saturated heterocycles. The van der Waals surface area contributed by atoms with E-state index in [1.165, 1.54) is 17.4 Å². The van der Waals surface area contributed by atoms with Gasteiger partial charge in [-0.1, -0.05) is 0 Å². The highest BCUT2D eigenvalue weighted by Crippen LogP contribution is 2.20. The molecule has 4 atom stereocenters. The Morgan fingerprint density at radius 1 is 1.20 bits per heavy atom. The van der Waals surface area contributed by atoms with E-state index in [0.29, 0.717) is 37.9 Å². The first-order chi connectivity index (χ1) is 16.6. The van der Waals surface area contributed by atoms with Crippen molar-refractivity contribution < 1.29 is 29.1 Å². The summed E-state index contributed by atoms with van der Waals surface area (Å²) in [6.07, 6.45) is 4.80. The molecule has 14 nitrogen and oxygen atoms in total. The highest BCUT2D eigenvalue weighted by molar-refractivity contribution is 5.95. The molecule has 0 spiro atoms. The number of primary amides is 1. The first kappa shape index (κ1) is 27.7. The van der Waals surface area contributed by atoms with E-state index in [9.17, 15) is 29.1 Å². The summed E-state index contributed by atoms with van der Waals surface area (Å²) in [5, 5.41) is 14.5. The number of aromatic amines is 1. The number of imidazole rings is 1. The molecule has 1 fully saturated rings. The van der Waals surface area contributed by atoms with Gasteiger partial charge in [0.05, 0.1) is 18.8 Å². The Hall–Kier alpha value is -3.52. The molecule has 1 aliphatic rings. The summed E-state index contributed by atoms with van der Waals surface area (Å²) in [6.45, 7) is 0.669. The van der Waals surface area contributed by atoms with Crippen LogP contribution in [0.15, 0.2) is 12.5 Å². The second-order valence-corrected chi connectivity index (χ2v) is 8.49. The van der Waals surface area contributed by atoms with Gasteiger partial charge in [-0.05, 0) is 38.6 Å². The Kier molecular flexibility index (Phi) is 10.6. The number of carboxylic acids is 1. The van der Waals surface area contributed by atoms with E-state index in [1.807, 2.05) is 0 Å². The van der Waals surface area contributed by atoms with Crippen molar-refractivity contribution in [2.75, 3.05) is 13.1 Å². The van der Waals surface area contributed by atoms with Crippen molar-refractivity contribution in [3.63, 3.8) is 0 Å². The van der Waals surface area contributed by atoms with Crippen molar-refractivity contribution in [1.29, 1.82) is 0 Å². The van der Waals surface area contributed by atoms with E-state index < -0.39 is 60.2 Å². The number of likely N-dealkylation sites (tertiary alicyclic amines) is 1. The quantitative estimate of drug-likeness (QED) is 0.133. The van der Waals surface area contributed by atoms with Gasteiger partial charge >= 0.3 is 5.97 Å². The van der Waals surface area contributed by atoms with Crippen LogP contribution in [0.1, 0.15) is 44.2 Å². The zero-order chi connectivity index (χ0) is 26.0. The van der Waals surface area contributed by atoms with Gasteiger partial charge in [0.15, 0.2) is 0 Å². The molecule has 4 amide bonds. The maximum absolute atomic E-state index is 13.4. The van der Waals surface area contributed by atoms with Gasteiger partial charge in [0.1, 0.15) is 18.1 Å². The van der Waals surface area contributed by atoms with Crippen LogP contribution < -0.4 is 27.8 Å². The lowest BCUT2D eigenvalue weighted by molar-refractivity contribution is -0.145. The first-order valence-electron chi connectivity index (χ1n) is 11.5. The third-order valence-electron chi connectivity index (χ3n) is 5.75. The van der Waals surface area contributed by atoms with Gasteiger partial charge in [-0.3, -0.25) is 19.2 Å². The number of carbonyl (C=O) groups excluding carboxylic acids is 4. The minimum absolute atomic E-state index is 0.0372. The monoisotopic (exact) mass is 494 g/mol. The molecule has 0 bridgehead atoms. The molecule has 35 heavy (non-hydrogen) atoms. The van der Waals surface area contributed by atoms with Gasteiger partial charge in [0, 0.05) is 24.9 Å². The summed E-state index contributed by atoms with van der Waals surface area (Å²) in [6, 6.07) is -4.33. The van der Waals surface area contributed by atoms with Crippen molar-refractivity contribution >= 4 is 29.6 Å². The summed E-state index contributed by atoms with van der Waals surface area (Å²) in [7, 11) is 0. The van der Waals surface area contributed by atoms with E-state index in [1.54, 1.807) is 0 Å². The highest BCUT2D eigenvalue weighted by atomic mass is 16.4. The second kappa shape index (κ2) is 13.4. The Balaban J connectivity index is 2.14. The van der Waals surface area contributed by atoms with Gasteiger partial charge in [0.2, 0.25) is 23.6 Å². The predicted molar refractivity (Wildman–Crippen MR) is 123 cm³/mol. The normalized spacial score (nSPS) is 17.9. The first-order valence-corrected chi connectivity index (χ1v) is 11.5. The molecule has 194 valence electrons. The number of hydrogen-bond donors (Lipinski definition) is 7. The van der Waals surface area contributed by atoms with Crippen LogP contribution >= 0.6 is 0 Å². The molecular formula is C21H34N8O6. The number of aliphatic carboxylic acids is 1. The Bertz CT molecular complexity index is 892. The third kappa shape index (κ3) is 8.33. The van der Waals surface area contributed by atoms with Crippen LogP contribution in [0.25, 0.3) is 0 Å². The predicted octanol–water partition coefficient (Wildman–Crippen LogP) is -2.67. The molecule has 4 unspecified atom stereocenters. The number of hydrogen-bond acceptors (Lipinski definition) is 8. The van der Waals surface area contributed by atoms with Crippen LogP contribution in [0, 0.1) is 0 Å². The average Bonchev–Trinajstić information content (AvgIpc) is 3.49.